The summed E-state index contributed by atoms with van der Waals surface area (Å²) in [6, 6.07) is 5.28. The molecule has 0 amide bonds. The molecule has 0 spiro atoms. The van der Waals surface area contributed by atoms with Gasteiger partial charge in [0.2, 0.25) is 0 Å². The van der Waals surface area contributed by atoms with Crippen molar-refractivity contribution in [3.63, 3.8) is 0 Å². The van der Waals surface area contributed by atoms with E-state index in [1.807, 2.05) is 0 Å². The predicted molar refractivity (Wildman–Crippen MR) is 61.7 cm³/mol. The summed E-state index contributed by atoms with van der Waals surface area (Å²) in [5, 5.41) is 7.24. The molecule has 0 bridgehead atoms. The van der Waals surface area contributed by atoms with Crippen molar-refractivity contribution >= 4 is 34.8 Å². The van der Waals surface area contributed by atoms with E-state index in [0.29, 0.717) is 21.7 Å². The molecule has 1 aromatic rings. The molecule has 5 heteroatoms. The van der Waals surface area contributed by atoms with E-state index in [-0.39, 0.29) is 0 Å². The Morgan fingerprint density at radius 3 is 2.20 bits per heavy atom. The largest absolute Gasteiger partial charge is 0.351 e. The van der Waals surface area contributed by atoms with Gasteiger partial charge in [-0.25, -0.2) is 4.58 Å². The molecular weight excluding hydrogens is 233 g/mol. The molecule has 1 aliphatic rings. The average molecular weight is 243 g/mol. The second-order valence-electron chi connectivity index (χ2n) is 3.14. The van der Waals surface area contributed by atoms with E-state index in [0.717, 1.165) is 13.1 Å². The zero-order valence-corrected chi connectivity index (χ0v) is 9.44. The van der Waals surface area contributed by atoms with Crippen molar-refractivity contribution in [1.29, 1.82) is 0 Å². The van der Waals surface area contributed by atoms with Gasteiger partial charge in [-0.15, -0.1) is 0 Å². The monoisotopic (exact) mass is 242 g/mol. The van der Waals surface area contributed by atoms with Gasteiger partial charge >= 0.3 is 5.96 Å². The Balaban J connectivity index is 2.49. The molecule has 15 heavy (non-hydrogen) atoms. The minimum absolute atomic E-state index is 0.521. The third-order valence-corrected chi connectivity index (χ3v) is 2.74. The lowest BCUT2D eigenvalue weighted by Crippen LogP contribution is -2.31. The van der Waals surface area contributed by atoms with Gasteiger partial charge in [-0.3, -0.25) is 10.6 Å². The lowest BCUT2D eigenvalue weighted by Gasteiger charge is -2.07. The first-order valence-electron chi connectivity index (χ1n) is 4.53. The van der Waals surface area contributed by atoms with E-state index < -0.39 is 0 Å². The second-order valence-corrected chi connectivity index (χ2v) is 3.96. The number of nitrogens with one attached hydrogen (secondary N) is 2. The molecule has 1 aliphatic heterocycles. The van der Waals surface area contributed by atoms with Crippen LogP contribution in [0.1, 0.15) is 0 Å². The topological polar surface area (TPSA) is 27.1 Å². The van der Waals surface area contributed by atoms with Gasteiger partial charge in [-0.2, -0.15) is 0 Å². The van der Waals surface area contributed by atoms with Crippen molar-refractivity contribution in [2.45, 2.75) is 0 Å². The molecule has 1 fully saturated rings. The summed E-state index contributed by atoms with van der Waals surface area (Å²) >= 11 is 12.1. The van der Waals surface area contributed by atoms with E-state index in [4.69, 9.17) is 30.2 Å². The van der Waals surface area contributed by atoms with Gasteiger partial charge in [0.25, 0.3) is 0 Å². The minimum Gasteiger partial charge on any atom is -0.274 e. The quantitative estimate of drug-likeness (QED) is 0.581. The van der Waals surface area contributed by atoms with Gasteiger partial charge in [0.05, 0.1) is 23.1 Å². The van der Waals surface area contributed by atoms with E-state index in [1.165, 1.54) is 4.58 Å². The minimum atomic E-state index is 0.521. The first-order valence-corrected chi connectivity index (χ1v) is 5.29. The normalized spacial score (nSPS) is 14.7. The number of benzene rings is 1. The molecule has 3 nitrogen and oxygen atoms in total. The molecule has 0 aliphatic carbocycles. The molecule has 0 saturated carbocycles. The number of hydrogen-bond acceptors (Lipinski definition) is 0. The highest BCUT2D eigenvalue weighted by Gasteiger charge is 2.20. The van der Waals surface area contributed by atoms with Crippen LogP contribution in [0.25, 0.3) is 0 Å². The van der Waals surface area contributed by atoms with Gasteiger partial charge in [0.1, 0.15) is 5.69 Å². The third kappa shape index (κ3) is 2.03. The Morgan fingerprint density at radius 1 is 1.13 bits per heavy atom. The Labute approximate surface area is 98.7 Å². The summed E-state index contributed by atoms with van der Waals surface area (Å²) in [7, 11) is 5.90. The summed E-state index contributed by atoms with van der Waals surface area (Å²) in [4.78, 5) is 0. The fourth-order valence-electron chi connectivity index (χ4n) is 1.43. The highest BCUT2D eigenvalue weighted by Crippen LogP contribution is 2.31. The number of hydrogen-bond donors (Lipinski definition) is 2. The van der Waals surface area contributed by atoms with Gasteiger partial charge in [0, 0.05) is 0 Å². The van der Waals surface area contributed by atoms with Crippen LogP contribution in [0.4, 0.5) is 5.69 Å². The Hall–Kier alpha value is -0.930. The SMILES string of the molecule is [CH][N+](=C1NCCN1)c1c(Cl)cccc1Cl. The van der Waals surface area contributed by atoms with Crippen molar-refractivity contribution < 1.29 is 4.58 Å². The van der Waals surface area contributed by atoms with Crippen molar-refractivity contribution in [2.24, 2.45) is 0 Å². The summed E-state index contributed by atoms with van der Waals surface area (Å²) in [5.74, 6) is 0.713. The zero-order valence-electron chi connectivity index (χ0n) is 7.93. The van der Waals surface area contributed by atoms with E-state index in [2.05, 4.69) is 10.6 Å². The van der Waals surface area contributed by atoms with Crippen LogP contribution >= 0.6 is 23.2 Å². The van der Waals surface area contributed by atoms with Crippen LogP contribution in [0.2, 0.25) is 10.0 Å². The van der Waals surface area contributed by atoms with Crippen molar-refractivity contribution in [1.82, 2.24) is 10.6 Å². The molecule has 0 atom stereocenters. The molecule has 2 rings (SSSR count). The highest BCUT2D eigenvalue weighted by atomic mass is 35.5. The van der Waals surface area contributed by atoms with Crippen molar-refractivity contribution in [3.8, 4) is 0 Å². The summed E-state index contributed by atoms with van der Waals surface area (Å²) in [6.45, 7) is 1.68. The Bertz CT molecular complexity index is 387. The maximum Gasteiger partial charge on any atom is 0.351 e. The van der Waals surface area contributed by atoms with Crippen LogP contribution in [0.15, 0.2) is 18.2 Å². The number of para-hydroxylation sites is 1. The lowest BCUT2D eigenvalue weighted by atomic mass is 10.3. The second kappa shape index (κ2) is 4.29. The average Bonchev–Trinajstić information content (AvgIpc) is 2.69. The van der Waals surface area contributed by atoms with Crippen molar-refractivity contribution in [3.05, 3.63) is 35.3 Å². The van der Waals surface area contributed by atoms with Crippen LogP contribution in [-0.2, 0) is 0 Å². The molecule has 2 radical (unpaired) electrons. The first kappa shape index (κ1) is 10.6. The maximum atomic E-state index is 6.03. The summed E-state index contributed by atoms with van der Waals surface area (Å²) in [6.07, 6.45) is 0. The summed E-state index contributed by atoms with van der Waals surface area (Å²) < 4.78 is 1.43. The molecule has 0 unspecified atom stereocenters. The third-order valence-electron chi connectivity index (χ3n) is 2.13. The van der Waals surface area contributed by atoms with Crippen LogP contribution in [0.3, 0.4) is 0 Å². The molecule has 1 saturated heterocycles. The van der Waals surface area contributed by atoms with Crippen LogP contribution in [0.5, 0.6) is 0 Å². The Kier molecular flexibility index (Phi) is 3.03. The number of guanidine groups is 1. The fourth-order valence-corrected chi connectivity index (χ4v) is 2.01. The van der Waals surface area contributed by atoms with Gasteiger partial charge in [-0.05, 0) is 12.1 Å². The first-order chi connectivity index (χ1) is 7.20. The van der Waals surface area contributed by atoms with E-state index >= 15 is 0 Å². The molecule has 0 aromatic heterocycles. The molecule has 1 heterocycles. The fraction of sp³-hybridized carbons (Fsp3) is 0.200. The maximum absolute atomic E-state index is 6.03. The van der Waals surface area contributed by atoms with Gasteiger partial charge in [-0.1, -0.05) is 29.3 Å². The number of nitrogens with zero attached hydrogens (tertiary/aromatic N) is 1. The standard InChI is InChI=1S/C10H10Cl2N3/c1-15(10-13-5-6-14-10)9-7(11)3-2-4-8(9)12/h1-4,13-14H,5-6H2/q+1. The van der Waals surface area contributed by atoms with Gasteiger partial charge < -0.3 is 0 Å². The smallest absolute Gasteiger partial charge is 0.274 e. The molecule has 2 N–H and O–H groups in total. The molecule has 78 valence electrons. The van der Waals surface area contributed by atoms with Crippen LogP contribution < -0.4 is 10.6 Å². The molecular formula is C10H10Cl2N3+. The Morgan fingerprint density at radius 2 is 1.67 bits per heavy atom. The van der Waals surface area contributed by atoms with Gasteiger partial charge in [0.15, 0.2) is 7.05 Å². The van der Waals surface area contributed by atoms with Crippen molar-refractivity contribution in [2.75, 3.05) is 13.1 Å². The van der Waals surface area contributed by atoms with E-state index in [1.54, 1.807) is 18.2 Å². The predicted octanol–water partition coefficient (Wildman–Crippen LogP) is 1.85. The highest BCUT2D eigenvalue weighted by molar-refractivity contribution is 6.38. The number of halogens is 2. The summed E-state index contributed by atoms with van der Waals surface area (Å²) in [5.41, 5.74) is 0.595. The molecule has 1 aromatic carbocycles. The zero-order chi connectivity index (χ0) is 10.8. The van der Waals surface area contributed by atoms with E-state index in [9.17, 15) is 0 Å². The van der Waals surface area contributed by atoms with Crippen LogP contribution in [0, 0.1) is 7.05 Å². The lowest BCUT2D eigenvalue weighted by molar-refractivity contribution is -0.372. The van der Waals surface area contributed by atoms with Crippen LogP contribution in [-0.4, -0.2) is 23.6 Å². The number of rotatable bonds is 1.